The molecule has 0 radical (unpaired) electrons. The van der Waals surface area contributed by atoms with Crippen LogP contribution in [0.5, 0.6) is 0 Å². The van der Waals surface area contributed by atoms with Crippen LogP contribution in [0.4, 0.5) is 14.5 Å². The Kier molecular flexibility index (Phi) is 7.92. The fourth-order valence-electron chi connectivity index (χ4n) is 4.90. The van der Waals surface area contributed by atoms with E-state index < -0.39 is 11.6 Å². The molecule has 0 amide bonds. The van der Waals surface area contributed by atoms with Crippen molar-refractivity contribution in [1.29, 1.82) is 0 Å². The van der Waals surface area contributed by atoms with Gasteiger partial charge in [0.05, 0.1) is 5.69 Å². The van der Waals surface area contributed by atoms with Crippen molar-refractivity contribution < 1.29 is 13.6 Å². The smallest absolute Gasteiger partial charge is 0.257 e. The topological polar surface area (TPSA) is 75.1 Å². The summed E-state index contributed by atoms with van der Waals surface area (Å²) in [6, 6.07) is 9.61. The first-order valence-electron chi connectivity index (χ1n) is 12.4. The zero-order chi connectivity index (χ0) is 26.7. The monoisotopic (exact) mass is 509 g/mol. The van der Waals surface area contributed by atoms with E-state index in [-0.39, 0.29) is 28.4 Å². The molecule has 1 aliphatic rings. The summed E-state index contributed by atoms with van der Waals surface area (Å²) in [5, 5.41) is 6.20. The number of hydrogen-bond donors (Lipinski definition) is 2. The highest BCUT2D eigenvalue weighted by Gasteiger charge is 2.26. The largest absolute Gasteiger partial charge is 0.388 e. The normalized spacial score (nSPS) is 14.4. The Bertz CT molecular complexity index is 1390. The van der Waals surface area contributed by atoms with Crippen LogP contribution in [-0.4, -0.2) is 45.2 Å². The molecule has 0 saturated carbocycles. The van der Waals surface area contributed by atoms with E-state index in [4.69, 9.17) is 0 Å². The average molecular weight is 510 g/mol. The number of nitrogens with zero attached hydrogens (tertiary/aromatic N) is 3. The van der Waals surface area contributed by atoms with Crippen LogP contribution in [-0.2, 0) is 13.6 Å². The molecule has 1 aliphatic heterocycles. The van der Waals surface area contributed by atoms with E-state index in [1.165, 1.54) is 6.92 Å². The van der Waals surface area contributed by atoms with Crippen molar-refractivity contribution in [2.75, 3.05) is 25.5 Å². The molecule has 2 aromatic heterocycles. The maximum Gasteiger partial charge on any atom is 0.257 e. The first-order valence-corrected chi connectivity index (χ1v) is 12.4. The molecule has 3 aromatic rings. The van der Waals surface area contributed by atoms with Crippen molar-refractivity contribution in [1.82, 2.24) is 19.2 Å². The van der Waals surface area contributed by atoms with Crippen molar-refractivity contribution in [3.05, 3.63) is 93.2 Å². The predicted molar refractivity (Wildman–Crippen MR) is 141 cm³/mol. The molecule has 2 N–H and O–H groups in total. The lowest BCUT2D eigenvalue weighted by Gasteiger charge is -2.32. The summed E-state index contributed by atoms with van der Waals surface area (Å²) in [6.07, 6.45) is 4.78. The number of aromatic amines is 1. The fourth-order valence-corrected chi connectivity index (χ4v) is 4.90. The van der Waals surface area contributed by atoms with Crippen LogP contribution in [0.3, 0.4) is 0 Å². The highest BCUT2D eigenvalue weighted by molar-refractivity contribution is 5.94. The van der Waals surface area contributed by atoms with E-state index in [9.17, 15) is 18.4 Å². The molecule has 0 bridgehead atoms. The van der Waals surface area contributed by atoms with Gasteiger partial charge in [0.1, 0.15) is 11.6 Å². The molecular formula is C28H33F2N5O2. The van der Waals surface area contributed by atoms with Crippen LogP contribution >= 0.6 is 0 Å². The number of carbonyl (C=O) groups is 1. The zero-order valence-electron chi connectivity index (χ0n) is 21.6. The summed E-state index contributed by atoms with van der Waals surface area (Å²) in [5.41, 5.74) is 3.46. The molecule has 9 heteroatoms. The Morgan fingerprint density at radius 1 is 1.11 bits per heavy atom. The number of likely N-dealkylation sites (tertiary alicyclic amines) is 1. The Hall–Kier alpha value is -3.72. The summed E-state index contributed by atoms with van der Waals surface area (Å²) in [4.78, 5) is 26.5. The van der Waals surface area contributed by atoms with Gasteiger partial charge in [0, 0.05) is 61.6 Å². The minimum Gasteiger partial charge on any atom is -0.388 e. The highest BCUT2D eigenvalue weighted by atomic mass is 19.1. The molecule has 1 aromatic carbocycles. The van der Waals surface area contributed by atoms with Gasteiger partial charge in [0.15, 0.2) is 5.78 Å². The summed E-state index contributed by atoms with van der Waals surface area (Å²) in [7, 11) is 3.70. The molecule has 7 nitrogen and oxygen atoms in total. The standard InChI is InChI=1S/C28H33F2N5O2/c1-18-13-23(33(4)32-9-5-26(18)35-12-8-22(31-3)16-27(35)37)17-34-10-6-20(7-11-34)28-24(29)14-21(19(2)36)15-25(28)30/h5,8-9,12-16,20,31-32H,6-7,10-11,17H2,1-4H3. The number of halogens is 2. The average Bonchev–Trinajstić information content (AvgIpc) is 2.86. The molecule has 0 spiro atoms. The number of Topliss-reactive ketones (excluding diaryl/α,β-unsaturated/α-hetero) is 1. The summed E-state index contributed by atoms with van der Waals surface area (Å²) < 4.78 is 32.9. The fraction of sp³-hybridized carbons (Fsp3) is 0.357. The van der Waals surface area contributed by atoms with Crippen LogP contribution in [0.1, 0.15) is 52.9 Å². The van der Waals surface area contributed by atoms with Gasteiger partial charge in [0.2, 0.25) is 0 Å². The van der Waals surface area contributed by atoms with E-state index in [0.717, 1.165) is 34.8 Å². The molecule has 196 valence electrons. The number of anilines is 1. The molecule has 0 aliphatic carbocycles. The van der Waals surface area contributed by atoms with Crippen molar-refractivity contribution in [2.24, 2.45) is 7.05 Å². The third kappa shape index (κ3) is 5.83. The Morgan fingerprint density at radius 2 is 1.78 bits per heavy atom. The summed E-state index contributed by atoms with van der Waals surface area (Å²) >= 11 is 0. The number of benzene rings is 1. The quantitative estimate of drug-likeness (QED) is 0.467. The van der Waals surface area contributed by atoms with Gasteiger partial charge in [-0.2, -0.15) is 0 Å². The number of H-pyrrole nitrogens is 1. The molecule has 1 saturated heterocycles. The van der Waals surface area contributed by atoms with E-state index in [1.54, 1.807) is 30.1 Å². The van der Waals surface area contributed by atoms with Gasteiger partial charge in [-0.3, -0.25) is 23.7 Å². The maximum absolute atomic E-state index is 14.7. The molecule has 3 heterocycles. The van der Waals surface area contributed by atoms with Crippen LogP contribution in [0.25, 0.3) is 5.69 Å². The molecule has 4 rings (SSSR count). The molecule has 1 fully saturated rings. The predicted octanol–water partition coefficient (Wildman–Crippen LogP) is 4.84. The second kappa shape index (κ2) is 11.1. The number of hydrogen-bond acceptors (Lipinski definition) is 4. The van der Waals surface area contributed by atoms with E-state index in [1.807, 2.05) is 30.8 Å². The lowest BCUT2D eigenvalue weighted by atomic mass is 9.87. The van der Waals surface area contributed by atoms with Crippen molar-refractivity contribution in [3.63, 3.8) is 0 Å². The van der Waals surface area contributed by atoms with Crippen LogP contribution < -0.4 is 10.9 Å². The van der Waals surface area contributed by atoms with Gasteiger partial charge in [0.25, 0.3) is 5.56 Å². The van der Waals surface area contributed by atoms with Crippen molar-refractivity contribution >= 4 is 11.5 Å². The number of rotatable bonds is 6. The number of ketones is 1. The van der Waals surface area contributed by atoms with Gasteiger partial charge in [-0.1, -0.05) is 0 Å². The van der Waals surface area contributed by atoms with E-state index in [2.05, 4.69) is 21.4 Å². The Balaban J connectivity index is 1.54. The van der Waals surface area contributed by atoms with Gasteiger partial charge in [-0.15, -0.1) is 0 Å². The summed E-state index contributed by atoms with van der Waals surface area (Å²) in [5.74, 6) is -1.88. The molecule has 0 unspecified atom stereocenters. The number of piperidine rings is 1. The van der Waals surface area contributed by atoms with Gasteiger partial charge in [-0.25, -0.2) is 8.78 Å². The minimum absolute atomic E-state index is 0.0556. The van der Waals surface area contributed by atoms with E-state index in [0.29, 0.717) is 32.5 Å². The van der Waals surface area contributed by atoms with Crippen molar-refractivity contribution in [3.8, 4) is 5.69 Å². The number of nitrogens with one attached hydrogen (secondary N) is 2. The summed E-state index contributed by atoms with van der Waals surface area (Å²) in [6.45, 7) is 5.27. The lowest BCUT2D eigenvalue weighted by Crippen LogP contribution is -2.34. The molecular weight excluding hydrogens is 476 g/mol. The SMILES string of the molecule is CNc1ccn(-c2cc[nH]n(C)c(CN3CCC(c4c(F)cc(C(C)=O)cc4F)CC3)cc2C)c(=O)c1. The lowest BCUT2D eigenvalue weighted by molar-refractivity contribution is 0.101. The van der Waals surface area contributed by atoms with Gasteiger partial charge in [-0.05, 0) is 81.6 Å². The van der Waals surface area contributed by atoms with Crippen LogP contribution in [0.15, 0.2) is 53.6 Å². The highest BCUT2D eigenvalue weighted by Crippen LogP contribution is 2.33. The molecule has 0 atom stereocenters. The Labute approximate surface area is 215 Å². The van der Waals surface area contributed by atoms with Gasteiger partial charge >= 0.3 is 0 Å². The third-order valence-corrected chi connectivity index (χ3v) is 7.06. The number of aromatic nitrogens is 3. The maximum atomic E-state index is 14.7. The number of aryl methyl sites for hydroxylation is 2. The third-order valence-electron chi connectivity index (χ3n) is 7.06. The second-order valence-electron chi connectivity index (χ2n) is 9.56. The van der Waals surface area contributed by atoms with Crippen molar-refractivity contribution in [2.45, 2.75) is 39.2 Å². The minimum atomic E-state index is -0.645. The Morgan fingerprint density at radius 3 is 2.38 bits per heavy atom. The second-order valence-corrected chi connectivity index (χ2v) is 9.56. The molecule has 37 heavy (non-hydrogen) atoms. The van der Waals surface area contributed by atoms with E-state index >= 15 is 0 Å². The number of carbonyl (C=O) groups excluding carboxylic acids is 1. The van der Waals surface area contributed by atoms with Crippen LogP contribution in [0, 0.1) is 18.6 Å². The van der Waals surface area contributed by atoms with Gasteiger partial charge < -0.3 is 10.4 Å². The number of pyridine rings is 1. The van der Waals surface area contributed by atoms with Crippen LogP contribution in [0.2, 0.25) is 0 Å². The first-order chi connectivity index (χ1) is 17.7. The zero-order valence-corrected chi connectivity index (χ0v) is 21.6. The first kappa shape index (κ1) is 26.3.